The number of aryl methyl sites for hydroxylation is 1. The standard InChI is InChI=1S/C19H19N3O2S/c1-12-2-4-13(5-3-12)17(14-6-7-14)21-16(23)10-22-11-20-18-15(19(22)24)8-9-25-18/h2-5,8-9,11,14,17H,6-7,10H2,1H3,(H,21,23)/t17-/m1/s1. The molecule has 1 aliphatic carbocycles. The summed E-state index contributed by atoms with van der Waals surface area (Å²) < 4.78 is 1.38. The number of nitrogens with one attached hydrogen (secondary N) is 1. The molecule has 2 aromatic heterocycles. The van der Waals surface area contributed by atoms with Crippen molar-refractivity contribution in [3.8, 4) is 0 Å². The number of rotatable bonds is 5. The Morgan fingerprint density at radius 3 is 2.80 bits per heavy atom. The maximum atomic E-state index is 12.5. The highest BCUT2D eigenvalue weighted by Gasteiger charge is 2.33. The van der Waals surface area contributed by atoms with Gasteiger partial charge in [0.2, 0.25) is 5.91 Å². The number of nitrogens with zero attached hydrogens (tertiary/aromatic N) is 2. The molecule has 1 aromatic carbocycles. The number of carbonyl (C=O) groups excluding carboxylic acids is 1. The first-order valence-electron chi connectivity index (χ1n) is 8.40. The third-order valence-corrected chi connectivity index (χ3v) is 5.43. The lowest BCUT2D eigenvalue weighted by Crippen LogP contribution is -2.35. The molecular formula is C19H19N3O2S. The summed E-state index contributed by atoms with van der Waals surface area (Å²) in [6.45, 7) is 2.04. The Morgan fingerprint density at radius 2 is 2.08 bits per heavy atom. The molecule has 0 spiro atoms. The highest BCUT2D eigenvalue weighted by atomic mass is 32.1. The fourth-order valence-corrected chi connectivity index (χ4v) is 3.78. The number of carbonyl (C=O) groups is 1. The Bertz CT molecular complexity index is 970. The van der Waals surface area contributed by atoms with Gasteiger partial charge in [-0.3, -0.25) is 14.2 Å². The monoisotopic (exact) mass is 353 g/mol. The molecule has 0 unspecified atom stereocenters. The van der Waals surface area contributed by atoms with Crippen LogP contribution in [0.4, 0.5) is 0 Å². The minimum atomic E-state index is -0.167. The zero-order valence-electron chi connectivity index (χ0n) is 13.9. The van der Waals surface area contributed by atoms with Crippen LogP contribution in [-0.4, -0.2) is 15.5 Å². The molecular weight excluding hydrogens is 334 g/mol. The fraction of sp³-hybridized carbons (Fsp3) is 0.316. The summed E-state index contributed by atoms with van der Waals surface area (Å²) in [7, 11) is 0. The normalized spacial score (nSPS) is 15.2. The largest absolute Gasteiger partial charge is 0.347 e. The van der Waals surface area contributed by atoms with E-state index in [1.54, 1.807) is 6.07 Å². The lowest BCUT2D eigenvalue weighted by atomic mass is 10.0. The van der Waals surface area contributed by atoms with Crippen LogP contribution in [0.2, 0.25) is 0 Å². The van der Waals surface area contributed by atoms with Crippen LogP contribution in [0.1, 0.15) is 30.0 Å². The molecule has 1 N–H and O–H groups in total. The molecule has 128 valence electrons. The van der Waals surface area contributed by atoms with Gasteiger partial charge in [-0.05, 0) is 42.7 Å². The summed E-state index contributed by atoms with van der Waals surface area (Å²) in [5.41, 5.74) is 2.16. The van der Waals surface area contributed by atoms with Gasteiger partial charge in [0.15, 0.2) is 0 Å². The van der Waals surface area contributed by atoms with Gasteiger partial charge >= 0.3 is 0 Å². The molecule has 6 heteroatoms. The van der Waals surface area contributed by atoms with Crippen molar-refractivity contribution in [1.29, 1.82) is 0 Å². The molecule has 2 heterocycles. The highest BCUT2D eigenvalue weighted by Crippen LogP contribution is 2.41. The molecule has 1 saturated carbocycles. The Morgan fingerprint density at radius 1 is 1.32 bits per heavy atom. The van der Waals surface area contributed by atoms with E-state index in [1.165, 1.54) is 27.8 Å². The van der Waals surface area contributed by atoms with E-state index >= 15 is 0 Å². The second-order valence-electron chi connectivity index (χ2n) is 6.61. The van der Waals surface area contributed by atoms with Gasteiger partial charge in [0, 0.05) is 0 Å². The molecule has 5 nitrogen and oxygen atoms in total. The van der Waals surface area contributed by atoms with Gasteiger partial charge < -0.3 is 5.32 Å². The minimum Gasteiger partial charge on any atom is -0.347 e. The first kappa shape index (κ1) is 16.0. The molecule has 1 fully saturated rings. The van der Waals surface area contributed by atoms with Crippen LogP contribution >= 0.6 is 11.3 Å². The molecule has 1 amide bonds. The number of amides is 1. The molecule has 0 radical (unpaired) electrons. The summed E-state index contributed by atoms with van der Waals surface area (Å²) in [5.74, 6) is 0.330. The van der Waals surface area contributed by atoms with Crippen molar-refractivity contribution in [1.82, 2.24) is 14.9 Å². The van der Waals surface area contributed by atoms with E-state index in [0.29, 0.717) is 16.1 Å². The number of hydrogen-bond donors (Lipinski definition) is 1. The third-order valence-electron chi connectivity index (χ3n) is 4.61. The lowest BCUT2D eigenvalue weighted by Gasteiger charge is -2.19. The van der Waals surface area contributed by atoms with Crippen molar-refractivity contribution >= 4 is 27.5 Å². The van der Waals surface area contributed by atoms with Gasteiger partial charge in [-0.2, -0.15) is 0 Å². The third kappa shape index (κ3) is 3.35. The van der Waals surface area contributed by atoms with Crippen LogP contribution in [0.5, 0.6) is 0 Å². The number of benzene rings is 1. The summed E-state index contributed by atoms with van der Waals surface area (Å²) in [6.07, 6.45) is 3.71. The predicted molar refractivity (Wildman–Crippen MR) is 98.7 cm³/mol. The van der Waals surface area contributed by atoms with Crippen molar-refractivity contribution in [3.63, 3.8) is 0 Å². The minimum absolute atomic E-state index is 0.00724. The lowest BCUT2D eigenvalue weighted by molar-refractivity contribution is -0.122. The summed E-state index contributed by atoms with van der Waals surface area (Å²) in [5, 5.41) is 5.51. The Kier molecular flexibility index (Phi) is 4.13. The summed E-state index contributed by atoms with van der Waals surface area (Å²) >= 11 is 1.43. The molecule has 0 bridgehead atoms. The maximum absolute atomic E-state index is 12.5. The van der Waals surface area contributed by atoms with Crippen molar-refractivity contribution in [2.45, 2.75) is 32.4 Å². The van der Waals surface area contributed by atoms with Gasteiger partial charge in [-0.15, -0.1) is 11.3 Å². The average Bonchev–Trinajstić information content (AvgIpc) is 3.33. The van der Waals surface area contributed by atoms with E-state index in [1.807, 2.05) is 5.38 Å². The summed E-state index contributed by atoms with van der Waals surface area (Å²) in [6, 6.07) is 10.0. The van der Waals surface area contributed by atoms with Crippen LogP contribution in [0.25, 0.3) is 10.2 Å². The molecule has 1 aliphatic rings. The molecule has 3 aromatic rings. The first-order chi connectivity index (χ1) is 12.1. The fourth-order valence-electron chi connectivity index (χ4n) is 3.06. The van der Waals surface area contributed by atoms with Gasteiger partial charge in [0.05, 0.1) is 17.8 Å². The van der Waals surface area contributed by atoms with Crippen LogP contribution < -0.4 is 10.9 Å². The summed E-state index contributed by atoms with van der Waals surface area (Å²) in [4.78, 5) is 29.9. The second kappa shape index (κ2) is 6.44. The molecule has 4 rings (SSSR count). The van der Waals surface area contributed by atoms with E-state index in [-0.39, 0.29) is 24.1 Å². The van der Waals surface area contributed by atoms with Gasteiger partial charge in [-0.25, -0.2) is 4.98 Å². The zero-order chi connectivity index (χ0) is 17.4. The van der Waals surface area contributed by atoms with Crippen molar-refractivity contribution in [2.75, 3.05) is 0 Å². The van der Waals surface area contributed by atoms with Crippen LogP contribution in [0.15, 0.2) is 46.8 Å². The van der Waals surface area contributed by atoms with Crippen LogP contribution in [0, 0.1) is 12.8 Å². The second-order valence-corrected chi connectivity index (χ2v) is 7.50. The SMILES string of the molecule is Cc1ccc([C@@H](NC(=O)Cn2cnc3sccc3c2=O)C2CC2)cc1. The molecule has 1 atom stereocenters. The smallest absolute Gasteiger partial charge is 0.262 e. The molecule has 0 saturated heterocycles. The predicted octanol–water partition coefficient (Wildman–Crippen LogP) is 3.03. The van der Waals surface area contributed by atoms with Crippen molar-refractivity contribution in [2.24, 2.45) is 5.92 Å². The Labute approximate surface area is 149 Å². The van der Waals surface area contributed by atoms with Gasteiger partial charge in [0.1, 0.15) is 11.4 Å². The van der Waals surface area contributed by atoms with E-state index in [4.69, 9.17) is 0 Å². The highest BCUT2D eigenvalue weighted by molar-refractivity contribution is 7.16. The van der Waals surface area contributed by atoms with Gasteiger partial charge in [0.25, 0.3) is 5.56 Å². The van der Waals surface area contributed by atoms with Crippen molar-refractivity contribution < 1.29 is 4.79 Å². The first-order valence-corrected chi connectivity index (χ1v) is 9.28. The maximum Gasteiger partial charge on any atom is 0.262 e. The van der Waals surface area contributed by atoms with E-state index in [9.17, 15) is 9.59 Å². The quantitative estimate of drug-likeness (QED) is 0.767. The topological polar surface area (TPSA) is 64.0 Å². The number of aromatic nitrogens is 2. The van der Waals surface area contributed by atoms with Crippen LogP contribution in [0.3, 0.4) is 0 Å². The zero-order valence-corrected chi connectivity index (χ0v) is 14.8. The molecule has 0 aliphatic heterocycles. The van der Waals surface area contributed by atoms with Gasteiger partial charge in [-0.1, -0.05) is 29.8 Å². The average molecular weight is 353 g/mol. The van der Waals surface area contributed by atoms with Crippen LogP contribution in [-0.2, 0) is 11.3 Å². The molecule has 25 heavy (non-hydrogen) atoms. The number of fused-ring (bicyclic) bond motifs is 1. The number of thiophene rings is 1. The Hall–Kier alpha value is -2.47. The number of hydrogen-bond acceptors (Lipinski definition) is 4. The van der Waals surface area contributed by atoms with E-state index < -0.39 is 0 Å². The van der Waals surface area contributed by atoms with Crippen molar-refractivity contribution in [3.05, 3.63) is 63.5 Å². The van der Waals surface area contributed by atoms with E-state index in [2.05, 4.69) is 41.5 Å². The van der Waals surface area contributed by atoms with E-state index in [0.717, 1.165) is 18.4 Å². The Balaban J connectivity index is 1.52.